The number of amides is 3. The van der Waals surface area contributed by atoms with Crippen molar-refractivity contribution >= 4 is 35.5 Å². The monoisotopic (exact) mass is 484 g/mol. The first kappa shape index (κ1) is 28.4. The lowest BCUT2D eigenvalue weighted by molar-refractivity contribution is -0.142. The summed E-state index contributed by atoms with van der Waals surface area (Å²) in [6.07, 6.45) is 0.874. The van der Waals surface area contributed by atoms with Crippen LogP contribution in [0.1, 0.15) is 18.9 Å². The van der Waals surface area contributed by atoms with Gasteiger partial charge in [-0.3, -0.25) is 14.4 Å². The lowest BCUT2D eigenvalue weighted by Crippen LogP contribution is -2.59. The molecule has 0 saturated heterocycles. The Morgan fingerprint density at radius 2 is 1.52 bits per heavy atom. The number of thioether (sulfide) groups is 1. The van der Waals surface area contributed by atoms with E-state index in [1.165, 1.54) is 18.7 Å². The number of hydrogen-bond donors (Lipinski definition) is 7. The maximum absolute atomic E-state index is 12.8. The summed E-state index contributed by atoms with van der Waals surface area (Å²) < 4.78 is 0. The van der Waals surface area contributed by atoms with Gasteiger partial charge in [-0.15, -0.1) is 0 Å². The van der Waals surface area contributed by atoms with E-state index in [9.17, 15) is 34.5 Å². The van der Waals surface area contributed by atoms with Crippen LogP contribution in [0.2, 0.25) is 0 Å². The van der Waals surface area contributed by atoms with Gasteiger partial charge in [-0.25, -0.2) is 4.79 Å². The van der Waals surface area contributed by atoms with Crippen molar-refractivity contribution in [3.63, 3.8) is 0 Å². The average molecular weight is 485 g/mol. The SMILES string of the molecule is CSCCC(NC(=O)C(CO)NC(=O)C(N)C(C)O)C(=O)NC(Cc1ccccc1)C(=O)O. The van der Waals surface area contributed by atoms with E-state index in [2.05, 4.69) is 16.0 Å². The molecule has 0 saturated carbocycles. The maximum Gasteiger partial charge on any atom is 0.326 e. The molecule has 0 heterocycles. The molecule has 1 aromatic carbocycles. The summed E-state index contributed by atoms with van der Waals surface area (Å²) in [4.78, 5) is 49.1. The molecule has 0 aliphatic heterocycles. The van der Waals surface area contributed by atoms with Crippen LogP contribution in [0.25, 0.3) is 0 Å². The Bertz CT molecular complexity index is 794. The zero-order valence-corrected chi connectivity index (χ0v) is 19.4. The van der Waals surface area contributed by atoms with E-state index >= 15 is 0 Å². The Morgan fingerprint density at radius 3 is 2.03 bits per heavy atom. The zero-order valence-electron chi connectivity index (χ0n) is 18.6. The minimum absolute atomic E-state index is 0.0532. The highest BCUT2D eigenvalue weighted by atomic mass is 32.2. The molecule has 0 fully saturated rings. The summed E-state index contributed by atoms with van der Waals surface area (Å²) in [5, 5.41) is 35.6. The van der Waals surface area contributed by atoms with Crippen LogP contribution in [-0.2, 0) is 25.6 Å². The van der Waals surface area contributed by atoms with E-state index in [0.29, 0.717) is 11.3 Å². The fourth-order valence-electron chi connectivity index (χ4n) is 2.78. The first-order valence-electron chi connectivity index (χ1n) is 10.3. The smallest absolute Gasteiger partial charge is 0.326 e. The Morgan fingerprint density at radius 1 is 0.970 bits per heavy atom. The van der Waals surface area contributed by atoms with E-state index in [4.69, 9.17) is 5.73 Å². The molecular formula is C21H32N4O7S. The quantitative estimate of drug-likeness (QED) is 0.160. The van der Waals surface area contributed by atoms with Crippen molar-refractivity contribution in [3.8, 4) is 0 Å². The molecule has 11 nitrogen and oxygen atoms in total. The fraction of sp³-hybridized carbons (Fsp3) is 0.524. The van der Waals surface area contributed by atoms with Crippen molar-refractivity contribution in [2.75, 3.05) is 18.6 Å². The zero-order chi connectivity index (χ0) is 25.0. The Labute approximate surface area is 196 Å². The van der Waals surface area contributed by atoms with Crippen molar-refractivity contribution in [3.05, 3.63) is 35.9 Å². The summed E-state index contributed by atoms with van der Waals surface area (Å²) in [6.45, 7) is 0.530. The van der Waals surface area contributed by atoms with Gasteiger partial charge in [0, 0.05) is 6.42 Å². The number of rotatable bonds is 14. The van der Waals surface area contributed by atoms with Crippen LogP contribution in [0.15, 0.2) is 30.3 Å². The standard InChI is InChI=1S/C21H32N4O7S/c1-12(27)17(22)20(30)25-16(11-26)19(29)23-14(8-9-33-2)18(28)24-15(21(31)32)10-13-6-4-3-5-7-13/h3-7,12,14-17,26-27H,8-11,22H2,1-2H3,(H,23,29)(H,24,28)(H,25,30)(H,31,32). The summed E-state index contributed by atoms with van der Waals surface area (Å²) in [5.74, 6) is -3.14. The van der Waals surface area contributed by atoms with Gasteiger partial charge in [0.05, 0.1) is 12.7 Å². The third-order valence-electron chi connectivity index (χ3n) is 4.78. The van der Waals surface area contributed by atoms with Gasteiger partial charge in [0.1, 0.15) is 24.2 Å². The molecule has 33 heavy (non-hydrogen) atoms. The Hall–Kier alpha value is -2.67. The number of aliphatic carboxylic acids is 1. The van der Waals surface area contributed by atoms with Gasteiger partial charge in [-0.2, -0.15) is 11.8 Å². The van der Waals surface area contributed by atoms with E-state index in [-0.39, 0.29) is 12.8 Å². The molecule has 0 bridgehead atoms. The minimum atomic E-state index is -1.41. The molecule has 0 aliphatic rings. The highest BCUT2D eigenvalue weighted by molar-refractivity contribution is 7.98. The van der Waals surface area contributed by atoms with Gasteiger partial charge in [-0.1, -0.05) is 30.3 Å². The van der Waals surface area contributed by atoms with Crippen molar-refractivity contribution < 1.29 is 34.5 Å². The van der Waals surface area contributed by atoms with Gasteiger partial charge >= 0.3 is 5.97 Å². The van der Waals surface area contributed by atoms with Crippen LogP contribution in [0, 0.1) is 0 Å². The van der Waals surface area contributed by atoms with Gasteiger partial charge in [0.15, 0.2) is 0 Å². The third-order valence-corrected chi connectivity index (χ3v) is 5.42. The molecular weight excluding hydrogens is 452 g/mol. The molecule has 0 aliphatic carbocycles. The van der Waals surface area contributed by atoms with Gasteiger partial charge in [0.25, 0.3) is 0 Å². The minimum Gasteiger partial charge on any atom is -0.480 e. The predicted molar refractivity (Wildman–Crippen MR) is 123 cm³/mol. The molecule has 184 valence electrons. The Kier molecular flexibility index (Phi) is 12.4. The molecule has 3 amide bonds. The number of aliphatic hydroxyl groups excluding tert-OH is 2. The summed E-state index contributed by atoms with van der Waals surface area (Å²) >= 11 is 1.42. The van der Waals surface area contributed by atoms with Crippen LogP contribution in [0.4, 0.5) is 0 Å². The average Bonchev–Trinajstić information content (AvgIpc) is 2.79. The second kappa shape index (κ2) is 14.5. The normalized spacial score (nSPS) is 15.4. The summed E-state index contributed by atoms with van der Waals surface area (Å²) in [5.41, 5.74) is 6.24. The molecule has 12 heteroatoms. The lowest BCUT2D eigenvalue weighted by Gasteiger charge is -2.24. The van der Waals surface area contributed by atoms with Crippen LogP contribution in [0.3, 0.4) is 0 Å². The first-order chi connectivity index (χ1) is 15.6. The molecule has 0 radical (unpaired) electrons. The summed E-state index contributed by atoms with van der Waals surface area (Å²) in [7, 11) is 0. The highest BCUT2D eigenvalue weighted by Gasteiger charge is 2.30. The number of carbonyl (C=O) groups excluding carboxylic acids is 3. The number of benzene rings is 1. The Balaban J connectivity index is 2.88. The first-order valence-corrected chi connectivity index (χ1v) is 11.7. The van der Waals surface area contributed by atoms with E-state index in [1.807, 2.05) is 0 Å². The van der Waals surface area contributed by atoms with Crippen LogP contribution in [-0.4, -0.2) is 87.9 Å². The number of nitrogens with two attached hydrogens (primary N) is 1. The molecule has 8 N–H and O–H groups in total. The number of carboxylic acid groups (broad SMARTS) is 1. The second-order valence-corrected chi connectivity index (χ2v) is 8.43. The van der Waals surface area contributed by atoms with Gasteiger partial charge in [-0.05, 0) is 30.9 Å². The molecule has 1 aromatic rings. The number of hydrogen-bond acceptors (Lipinski definition) is 8. The summed E-state index contributed by atoms with van der Waals surface area (Å²) in [6, 6.07) is 3.74. The number of nitrogens with one attached hydrogen (secondary N) is 3. The molecule has 0 aromatic heterocycles. The van der Waals surface area contributed by atoms with Crippen LogP contribution < -0.4 is 21.7 Å². The molecule has 1 rings (SSSR count). The second-order valence-electron chi connectivity index (χ2n) is 7.44. The van der Waals surface area contributed by atoms with Crippen LogP contribution in [0.5, 0.6) is 0 Å². The van der Waals surface area contributed by atoms with Crippen LogP contribution >= 0.6 is 11.8 Å². The fourth-order valence-corrected chi connectivity index (χ4v) is 3.25. The third kappa shape index (κ3) is 9.78. The molecule has 5 atom stereocenters. The molecule has 0 spiro atoms. The van der Waals surface area contributed by atoms with Crippen molar-refractivity contribution in [2.24, 2.45) is 5.73 Å². The van der Waals surface area contributed by atoms with Crippen molar-refractivity contribution in [2.45, 2.75) is 50.0 Å². The lowest BCUT2D eigenvalue weighted by atomic mass is 10.1. The van der Waals surface area contributed by atoms with E-state index in [1.54, 1.807) is 36.6 Å². The number of carboxylic acids is 1. The van der Waals surface area contributed by atoms with E-state index < -0.39 is 60.6 Å². The number of aliphatic hydroxyl groups is 2. The maximum atomic E-state index is 12.8. The van der Waals surface area contributed by atoms with Crippen molar-refractivity contribution in [1.29, 1.82) is 0 Å². The number of carbonyl (C=O) groups is 4. The largest absolute Gasteiger partial charge is 0.480 e. The predicted octanol–water partition coefficient (Wildman–Crippen LogP) is -1.78. The van der Waals surface area contributed by atoms with Crippen molar-refractivity contribution in [1.82, 2.24) is 16.0 Å². The van der Waals surface area contributed by atoms with Gasteiger partial charge in [0.2, 0.25) is 17.7 Å². The highest BCUT2D eigenvalue weighted by Crippen LogP contribution is 2.06. The van der Waals surface area contributed by atoms with Gasteiger partial charge < -0.3 is 37.0 Å². The van der Waals surface area contributed by atoms with E-state index in [0.717, 1.165) is 0 Å². The topological polar surface area (TPSA) is 191 Å². The molecule has 5 unspecified atom stereocenters.